The average Bonchev–Trinajstić information content (AvgIpc) is 2.77. The summed E-state index contributed by atoms with van der Waals surface area (Å²) in [4.78, 5) is 24.1. The number of hydrogen-bond donors (Lipinski definition) is 3. The van der Waals surface area contributed by atoms with Gasteiger partial charge in [-0.1, -0.05) is 0 Å². The van der Waals surface area contributed by atoms with Crippen LogP contribution in [0.5, 0.6) is 0 Å². The molecule has 0 spiro atoms. The average molecular weight is 328 g/mol. The summed E-state index contributed by atoms with van der Waals surface area (Å²) in [6.45, 7) is 0.611. The number of rotatable bonds is 4. The quantitative estimate of drug-likeness (QED) is 0.681. The van der Waals surface area contributed by atoms with Crippen molar-refractivity contribution >= 4 is 21.8 Å². The first-order chi connectivity index (χ1) is 10.3. The summed E-state index contributed by atoms with van der Waals surface area (Å²) in [5.74, 6) is -0.676. The minimum atomic E-state index is -3.61. The van der Waals surface area contributed by atoms with Crippen molar-refractivity contribution in [2.24, 2.45) is 7.05 Å². The van der Waals surface area contributed by atoms with Crippen molar-refractivity contribution in [3.63, 3.8) is 0 Å². The third-order valence-electron chi connectivity index (χ3n) is 3.63. The van der Waals surface area contributed by atoms with E-state index in [1.807, 2.05) is 0 Å². The van der Waals surface area contributed by atoms with Crippen LogP contribution in [0.3, 0.4) is 0 Å². The van der Waals surface area contributed by atoms with Gasteiger partial charge in [0.15, 0.2) is 0 Å². The lowest BCUT2D eigenvalue weighted by atomic mass is 10.1. The Kier molecular flexibility index (Phi) is 4.87. The second-order valence-electron chi connectivity index (χ2n) is 5.19. The van der Waals surface area contributed by atoms with Gasteiger partial charge in [0.05, 0.1) is 0 Å². The van der Waals surface area contributed by atoms with Crippen molar-refractivity contribution in [1.82, 2.24) is 19.9 Å². The lowest BCUT2D eigenvalue weighted by molar-refractivity contribution is -0.122. The molecule has 1 saturated heterocycles. The Labute approximate surface area is 129 Å². The van der Waals surface area contributed by atoms with Gasteiger partial charge in [0.2, 0.25) is 15.9 Å². The van der Waals surface area contributed by atoms with Crippen molar-refractivity contribution in [1.29, 1.82) is 0 Å². The van der Waals surface area contributed by atoms with Crippen molar-refractivity contribution in [3.05, 3.63) is 18.0 Å². The Balaban J connectivity index is 2.18. The minimum Gasteiger partial charge on any atom is -0.354 e. The van der Waals surface area contributed by atoms with Gasteiger partial charge in [-0.3, -0.25) is 9.59 Å². The first-order valence-corrected chi connectivity index (χ1v) is 8.52. The monoisotopic (exact) mass is 328 g/mol. The topological polar surface area (TPSA) is 109 Å². The fourth-order valence-electron chi connectivity index (χ4n) is 2.33. The molecule has 0 aromatic carbocycles. The minimum absolute atomic E-state index is 0.00738. The van der Waals surface area contributed by atoms with E-state index in [0.29, 0.717) is 13.0 Å². The Bertz CT molecular complexity index is 680. The van der Waals surface area contributed by atoms with E-state index >= 15 is 0 Å². The predicted octanol–water partition coefficient (Wildman–Crippen LogP) is -0.668. The van der Waals surface area contributed by atoms with E-state index < -0.39 is 22.0 Å². The number of aromatic nitrogens is 1. The number of hydrogen-bond acceptors (Lipinski definition) is 4. The van der Waals surface area contributed by atoms with Gasteiger partial charge in [-0.2, -0.15) is 0 Å². The highest BCUT2D eigenvalue weighted by molar-refractivity contribution is 7.89. The summed E-state index contributed by atoms with van der Waals surface area (Å²) in [7, 11) is -0.730. The molecule has 2 rings (SSSR count). The van der Waals surface area contributed by atoms with E-state index in [2.05, 4.69) is 15.4 Å². The second kappa shape index (κ2) is 6.49. The standard InChI is InChI=1S/C13H20N4O4S/c1-14-22(20,21)9-7-11(17(2)8-9)13(19)16-10-5-3-4-6-15-12(10)18/h7-8,10,14H,3-6H2,1-2H3,(H,15,18)(H,16,19)/t10-/m1/s1. The highest BCUT2D eigenvalue weighted by atomic mass is 32.2. The summed E-state index contributed by atoms with van der Waals surface area (Å²) >= 11 is 0. The summed E-state index contributed by atoms with van der Waals surface area (Å²) in [6.07, 6.45) is 3.65. The molecular weight excluding hydrogens is 308 g/mol. The van der Waals surface area contributed by atoms with Crippen molar-refractivity contribution in [2.45, 2.75) is 30.2 Å². The molecule has 0 bridgehead atoms. The highest BCUT2D eigenvalue weighted by Gasteiger charge is 2.25. The number of sulfonamides is 1. The SMILES string of the molecule is CNS(=O)(=O)c1cc(C(=O)N[C@@H]2CCCCNC2=O)n(C)c1. The Morgan fingerprint density at radius 2 is 2.14 bits per heavy atom. The van der Waals surface area contributed by atoms with Gasteiger partial charge < -0.3 is 15.2 Å². The van der Waals surface area contributed by atoms with Crippen LogP contribution in [0.4, 0.5) is 0 Å². The largest absolute Gasteiger partial charge is 0.354 e. The molecule has 8 nitrogen and oxygen atoms in total. The fourth-order valence-corrected chi connectivity index (χ4v) is 3.13. The molecule has 1 fully saturated rings. The molecule has 1 aliphatic heterocycles. The smallest absolute Gasteiger partial charge is 0.268 e. The van der Waals surface area contributed by atoms with Gasteiger partial charge in [-0.05, 0) is 32.4 Å². The van der Waals surface area contributed by atoms with Crippen LogP contribution in [0.25, 0.3) is 0 Å². The Morgan fingerprint density at radius 1 is 1.41 bits per heavy atom. The van der Waals surface area contributed by atoms with Crippen molar-refractivity contribution < 1.29 is 18.0 Å². The summed E-state index contributed by atoms with van der Waals surface area (Å²) in [5.41, 5.74) is 0.186. The molecule has 9 heteroatoms. The molecule has 2 heterocycles. The highest BCUT2D eigenvalue weighted by Crippen LogP contribution is 2.14. The molecule has 2 amide bonds. The molecular formula is C13H20N4O4S. The maximum Gasteiger partial charge on any atom is 0.268 e. The molecule has 1 aromatic rings. The number of nitrogens with zero attached hydrogens (tertiary/aromatic N) is 1. The molecule has 3 N–H and O–H groups in total. The molecule has 122 valence electrons. The normalized spacial score (nSPS) is 19.4. The van der Waals surface area contributed by atoms with Crippen LogP contribution >= 0.6 is 0 Å². The zero-order chi connectivity index (χ0) is 16.3. The van der Waals surface area contributed by atoms with E-state index in [1.165, 1.54) is 23.9 Å². The molecule has 1 aromatic heterocycles. The summed E-state index contributed by atoms with van der Waals surface area (Å²) < 4.78 is 27.1. The predicted molar refractivity (Wildman–Crippen MR) is 79.8 cm³/mol. The van der Waals surface area contributed by atoms with Crippen LogP contribution in [-0.4, -0.2) is 44.4 Å². The Morgan fingerprint density at radius 3 is 2.82 bits per heavy atom. The number of carbonyl (C=O) groups is 2. The van der Waals surface area contributed by atoms with E-state index in [0.717, 1.165) is 12.8 Å². The first kappa shape index (κ1) is 16.5. The number of nitrogens with one attached hydrogen (secondary N) is 3. The molecule has 1 aliphatic rings. The molecule has 0 aliphatic carbocycles. The van der Waals surface area contributed by atoms with Gasteiger partial charge in [0.1, 0.15) is 16.6 Å². The van der Waals surface area contributed by atoms with Crippen LogP contribution in [0.1, 0.15) is 29.8 Å². The van der Waals surface area contributed by atoms with Crippen LogP contribution < -0.4 is 15.4 Å². The lowest BCUT2D eigenvalue weighted by Gasteiger charge is -2.15. The van der Waals surface area contributed by atoms with Crippen LogP contribution in [0.15, 0.2) is 17.2 Å². The first-order valence-electron chi connectivity index (χ1n) is 7.03. The molecule has 0 unspecified atom stereocenters. The molecule has 0 radical (unpaired) electrons. The van der Waals surface area contributed by atoms with E-state index in [9.17, 15) is 18.0 Å². The van der Waals surface area contributed by atoms with Gasteiger partial charge in [0, 0.05) is 19.8 Å². The van der Waals surface area contributed by atoms with Crippen LogP contribution in [-0.2, 0) is 21.9 Å². The van der Waals surface area contributed by atoms with Gasteiger partial charge >= 0.3 is 0 Å². The maximum absolute atomic E-state index is 12.3. The van der Waals surface area contributed by atoms with E-state index in [-0.39, 0.29) is 16.5 Å². The lowest BCUT2D eigenvalue weighted by Crippen LogP contribution is -2.45. The number of aryl methyl sites for hydroxylation is 1. The van der Waals surface area contributed by atoms with Crippen molar-refractivity contribution in [2.75, 3.05) is 13.6 Å². The fraction of sp³-hybridized carbons (Fsp3) is 0.538. The number of amides is 2. The van der Waals surface area contributed by atoms with Gasteiger partial charge in [-0.15, -0.1) is 0 Å². The number of carbonyl (C=O) groups excluding carboxylic acids is 2. The van der Waals surface area contributed by atoms with E-state index in [4.69, 9.17) is 0 Å². The Hall–Kier alpha value is -1.87. The molecule has 22 heavy (non-hydrogen) atoms. The van der Waals surface area contributed by atoms with Crippen molar-refractivity contribution in [3.8, 4) is 0 Å². The molecule has 1 atom stereocenters. The van der Waals surface area contributed by atoms with Gasteiger partial charge in [-0.25, -0.2) is 13.1 Å². The second-order valence-corrected chi connectivity index (χ2v) is 7.08. The third kappa shape index (κ3) is 3.47. The maximum atomic E-state index is 12.3. The third-order valence-corrected chi connectivity index (χ3v) is 5.01. The summed E-state index contributed by atoms with van der Waals surface area (Å²) in [6, 6.07) is 0.699. The van der Waals surface area contributed by atoms with Gasteiger partial charge in [0.25, 0.3) is 5.91 Å². The van der Waals surface area contributed by atoms with E-state index in [1.54, 1.807) is 7.05 Å². The zero-order valence-electron chi connectivity index (χ0n) is 12.5. The molecule has 0 saturated carbocycles. The summed E-state index contributed by atoms with van der Waals surface area (Å²) in [5, 5.41) is 5.40. The van der Waals surface area contributed by atoms with Crippen LogP contribution in [0, 0.1) is 0 Å². The van der Waals surface area contributed by atoms with Crippen LogP contribution in [0.2, 0.25) is 0 Å². The zero-order valence-corrected chi connectivity index (χ0v) is 13.4.